The smallest absolute Gasteiger partial charge is 0.243 e. The van der Waals surface area contributed by atoms with Crippen molar-refractivity contribution < 1.29 is 8.42 Å². The number of anilines is 3. The fraction of sp³-hybridized carbons (Fsp3) is 0.200. The zero-order valence-electron chi connectivity index (χ0n) is 17.0. The summed E-state index contributed by atoms with van der Waals surface area (Å²) in [4.78, 5) is 18.2. The molecule has 0 unspecified atom stereocenters. The molecule has 13 heteroatoms. The third kappa shape index (κ3) is 4.22. The van der Waals surface area contributed by atoms with Crippen molar-refractivity contribution in [2.75, 3.05) is 24.1 Å². The Morgan fingerprint density at radius 2 is 1.67 bits per heavy atom. The lowest BCUT2D eigenvalue weighted by molar-refractivity contribution is 0.477. The summed E-state index contributed by atoms with van der Waals surface area (Å²) in [5.41, 5.74) is 7.46. The number of nitrogens with one attached hydrogen (secondary N) is 1. The number of rotatable bonds is 5. The number of nitrogens with zero attached hydrogens (tertiary/aromatic N) is 5. The molecule has 1 fully saturated rings. The lowest BCUT2D eigenvalue weighted by atomic mass is 10.2. The highest BCUT2D eigenvalue weighted by atomic mass is 35.5. The van der Waals surface area contributed by atoms with E-state index in [9.17, 15) is 8.42 Å². The van der Waals surface area contributed by atoms with Crippen molar-refractivity contribution >= 4 is 71.5 Å². The van der Waals surface area contributed by atoms with Crippen LogP contribution in [0.4, 0.5) is 16.6 Å². The predicted octanol–water partition coefficient (Wildman–Crippen LogP) is 4.57. The van der Waals surface area contributed by atoms with Crippen LogP contribution in [0.1, 0.15) is 12.8 Å². The van der Waals surface area contributed by atoms with Crippen molar-refractivity contribution in [3.8, 4) is 11.4 Å². The van der Waals surface area contributed by atoms with Gasteiger partial charge < -0.3 is 11.1 Å². The number of fused-ring (bicyclic) bond motifs is 1. The van der Waals surface area contributed by atoms with Crippen LogP contribution in [0.5, 0.6) is 0 Å². The van der Waals surface area contributed by atoms with Crippen molar-refractivity contribution in [1.82, 2.24) is 24.2 Å². The first-order valence-electron chi connectivity index (χ1n) is 9.93. The summed E-state index contributed by atoms with van der Waals surface area (Å²) < 4.78 is 27.1. The Kier molecular flexibility index (Phi) is 5.83. The number of pyridine rings is 1. The molecule has 1 aliphatic heterocycles. The first-order valence-corrected chi connectivity index (χ1v) is 12.9. The number of sulfonamides is 1. The van der Waals surface area contributed by atoms with E-state index in [1.54, 1.807) is 24.3 Å². The van der Waals surface area contributed by atoms with Crippen LogP contribution in [0.15, 0.2) is 41.6 Å². The molecule has 1 aromatic carbocycles. The normalized spacial score (nSPS) is 14.7. The predicted molar refractivity (Wildman–Crippen MR) is 131 cm³/mol. The Bertz CT molecular complexity index is 1430. The molecule has 0 aliphatic carbocycles. The maximum absolute atomic E-state index is 12.8. The van der Waals surface area contributed by atoms with Gasteiger partial charge in [0.15, 0.2) is 21.6 Å². The van der Waals surface area contributed by atoms with Gasteiger partial charge in [-0.05, 0) is 37.1 Å². The first-order chi connectivity index (χ1) is 15.8. The van der Waals surface area contributed by atoms with Gasteiger partial charge in [0.05, 0.1) is 20.5 Å². The van der Waals surface area contributed by atoms with Crippen molar-refractivity contribution in [3.05, 3.63) is 46.7 Å². The average Bonchev–Trinajstić information content (AvgIpc) is 3.44. The van der Waals surface area contributed by atoms with Gasteiger partial charge >= 0.3 is 0 Å². The van der Waals surface area contributed by atoms with E-state index in [1.165, 1.54) is 28.0 Å². The van der Waals surface area contributed by atoms with Gasteiger partial charge in [0.25, 0.3) is 0 Å². The fourth-order valence-corrected chi connectivity index (χ4v) is 6.34. The zero-order valence-corrected chi connectivity index (χ0v) is 20.1. The molecule has 3 N–H and O–H groups in total. The number of thiazole rings is 1. The van der Waals surface area contributed by atoms with Crippen LogP contribution in [0, 0.1) is 0 Å². The van der Waals surface area contributed by atoms with E-state index in [4.69, 9.17) is 28.9 Å². The molecule has 33 heavy (non-hydrogen) atoms. The summed E-state index contributed by atoms with van der Waals surface area (Å²) in [5.74, 6) is 0.682. The minimum Gasteiger partial charge on any atom is -0.375 e. The molecule has 170 valence electrons. The summed E-state index contributed by atoms with van der Waals surface area (Å²) in [6.45, 7) is 1.10. The molecule has 1 aliphatic rings. The van der Waals surface area contributed by atoms with Crippen LogP contribution in [-0.2, 0) is 10.0 Å². The van der Waals surface area contributed by atoms with Crippen molar-refractivity contribution in [3.63, 3.8) is 0 Å². The summed E-state index contributed by atoms with van der Waals surface area (Å²) in [5, 5.41) is 4.13. The van der Waals surface area contributed by atoms with Gasteiger partial charge in [0, 0.05) is 31.2 Å². The second-order valence-electron chi connectivity index (χ2n) is 7.34. The second kappa shape index (κ2) is 8.65. The first kappa shape index (κ1) is 22.2. The Morgan fingerprint density at radius 3 is 2.33 bits per heavy atom. The Balaban J connectivity index is 1.52. The number of halogens is 2. The summed E-state index contributed by atoms with van der Waals surface area (Å²) in [6, 6.07) is 6.50. The van der Waals surface area contributed by atoms with E-state index in [-0.39, 0.29) is 4.90 Å². The average molecular weight is 522 g/mol. The quantitative estimate of drug-likeness (QED) is 0.391. The molecule has 1 saturated heterocycles. The van der Waals surface area contributed by atoms with Crippen molar-refractivity contribution in [2.24, 2.45) is 0 Å². The highest BCUT2D eigenvalue weighted by Crippen LogP contribution is 2.36. The topological polar surface area (TPSA) is 127 Å². The molecule has 0 amide bonds. The minimum atomic E-state index is -3.49. The lowest BCUT2D eigenvalue weighted by Crippen LogP contribution is -2.27. The summed E-state index contributed by atoms with van der Waals surface area (Å²) in [7, 11) is -3.49. The minimum absolute atomic E-state index is 0.247. The van der Waals surface area contributed by atoms with E-state index >= 15 is 0 Å². The second-order valence-corrected chi connectivity index (χ2v) is 11.1. The van der Waals surface area contributed by atoms with E-state index in [0.29, 0.717) is 61.5 Å². The Hall–Kier alpha value is -2.57. The molecule has 0 radical (unpaired) electrons. The fourth-order valence-electron chi connectivity index (χ4n) is 3.59. The number of nitrogen functional groups attached to an aromatic ring is 1. The van der Waals surface area contributed by atoms with E-state index < -0.39 is 10.0 Å². The lowest BCUT2D eigenvalue weighted by Gasteiger charge is -2.16. The molecule has 0 saturated carbocycles. The standard InChI is InChI=1S/C20H17Cl2N7O2S2/c21-13-9-24-10-14(22)15(13)17-27-18(16-19(28-17)32-20(23)26-16)25-11-3-5-12(6-4-11)33(30,31)29-7-1-2-8-29/h3-6,9-10H,1-2,7-8H2,(H2,23,26)(H,25,27,28). The highest BCUT2D eigenvalue weighted by molar-refractivity contribution is 7.89. The van der Waals surface area contributed by atoms with Crippen LogP contribution in [-0.4, -0.2) is 45.7 Å². The number of hydrogen-bond donors (Lipinski definition) is 2. The third-order valence-electron chi connectivity index (χ3n) is 5.17. The Labute approximate surface area is 203 Å². The molecule has 5 rings (SSSR count). The van der Waals surface area contributed by atoms with Crippen LogP contribution in [0.2, 0.25) is 10.0 Å². The number of benzene rings is 1. The van der Waals surface area contributed by atoms with E-state index in [0.717, 1.165) is 12.8 Å². The van der Waals surface area contributed by atoms with Crippen LogP contribution < -0.4 is 11.1 Å². The van der Waals surface area contributed by atoms with Gasteiger partial charge in [-0.2, -0.15) is 4.31 Å². The zero-order chi connectivity index (χ0) is 23.2. The van der Waals surface area contributed by atoms with Gasteiger partial charge in [0.1, 0.15) is 5.52 Å². The SMILES string of the molecule is Nc1nc2c(Nc3ccc(S(=O)(=O)N4CCCC4)cc3)nc(-c3c(Cl)cncc3Cl)nc2s1. The molecule has 3 aromatic heterocycles. The number of hydrogen-bond acceptors (Lipinski definition) is 9. The number of aromatic nitrogens is 4. The van der Waals surface area contributed by atoms with Crippen LogP contribution in [0.25, 0.3) is 21.7 Å². The van der Waals surface area contributed by atoms with E-state index in [1.807, 2.05) is 0 Å². The number of nitrogens with two attached hydrogens (primary N) is 1. The van der Waals surface area contributed by atoms with Gasteiger partial charge in [-0.3, -0.25) is 4.98 Å². The van der Waals surface area contributed by atoms with Crippen LogP contribution in [0.3, 0.4) is 0 Å². The molecular formula is C20H17Cl2N7O2S2. The summed E-state index contributed by atoms with van der Waals surface area (Å²) in [6.07, 6.45) is 4.69. The van der Waals surface area contributed by atoms with Gasteiger partial charge in [-0.1, -0.05) is 34.5 Å². The molecular weight excluding hydrogens is 505 g/mol. The molecule has 9 nitrogen and oxygen atoms in total. The van der Waals surface area contributed by atoms with Crippen molar-refractivity contribution in [2.45, 2.75) is 17.7 Å². The highest BCUT2D eigenvalue weighted by Gasteiger charge is 2.27. The maximum Gasteiger partial charge on any atom is 0.243 e. The summed E-state index contributed by atoms with van der Waals surface area (Å²) >= 11 is 13.8. The molecule has 0 bridgehead atoms. The Morgan fingerprint density at radius 1 is 1.00 bits per heavy atom. The molecule has 4 aromatic rings. The van der Waals surface area contributed by atoms with Crippen molar-refractivity contribution in [1.29, 1.82) is 0 Å². The van der Waals surface area contributed by atoms with Gasteiger partial charge in [-0.25, -0.2) is 23.4 Å². The van der Waals surface area contributed by atoms with Crippen LogP contribution >= 0.6 is 34.5 Å². The van der Waals surface area contributed by atoms with E-state index in [2.05, 4.69) is 25.3 Å². The van der Waals surface area contributed by atoms with Gasteiger partial charge in [-0.15, -0.1) is 0 Å². The largest absolute Gasteiger partial charge is 0.375 e. The molecule has 0 spiro atoms. The monoisotopic (exact) mass is 521 g/mol. The maximum atomic E-state index is 12.8. The third-order valence-corrected chi connectivity index (χ3v) is 8.44. The van der Waals surface area contributed by atoms with Gasteiger partial charge in [0.2, 0.25) is 10.0 Å². The molecule has 4 heterocycles. The molecule has 0 atom stereocenters.